The van der Waals surface area contributed by atoms with Crippen LogP contribution in [-0.2, 0) is 9.59 Å². The van der Waals surface area contributed by atoms with E-state index >= 15 is 0 Å². The zero-order valence-corrected chi connectivity index (χ0v) is 17.6. The number of hydrogen-bond acceptors (Lipinski definition) is 5. The number of carbonyl (C=O) groups excluding carboxylic acids is 3. The van der Waals surface area contributed by atoms with Crippen molar-refractivity contribution in [3.8, 4) is 5.75 Å². The number of halogens is 2. The Balaban J connectivity index is 1.77. The highest BCUT2D eigenvalue weighted by Crippen LogP contribution is 2.35. The number of phenolic OH excluding ortho intramolecular Hbond substituents is 1. The van der Waals surface area contributed by atoms with Crippen LogP contribution in [0.25, 0.3) is 6.08 Å². The van der Waals surface area contributed by atoms with Crippen LogP contribution in [0.4, 0.5) is 4.79 Å². The average Bonchev–Trinajstić information content (AvgIpc) is 3.17. The number of aromatic hydroxyl groups is 1. The second-order valence-electron chi connectivity index (χ2n) is 5.69. The molecule has 9 heteroatoms. The van der Waals surface area contributed by atoms with Gasteiger partial charge in [0.15, 0.2) is 0 Å². The average molecular weight is 537 g/mol. The minimum Gasteiger partial charge on any atom is -0.506 e. The maximum atomic E-state index is 12.5. The lowest BCUT2D eigenvalue weighted by Gasteiger charge is -2.18. The van der Waals surface area contributed by atoms with Gasteiger partial charge in [0.2, 0.25) is 5.91 Å². The first-order valence-corrected chi connectivity index (χ1v) is 10.3. The fraction of sp³-hybridized carbons (Fsp3) is 0.312. The van der Waals surface area contributed by atoms with Crippen molar-refractivity contribution in [3.05, 3.63) is 30.6 Å². The molecular weight excluding hydrogens is 523 g/mol. The Morgan fingerprint density at radius 2 is 2.00 bits per heavy atom. The number of hydrogen-bond donors (Lipinski definition) is 1. The van der Waals surface area contributed by atoms with Crippen LogP contribution in [0.15, 0.2) is 21.5 Å². The number of benzene rings is 1. The fourth-order valence-electron chi connectivity index (χ4n) is 2.66. The molecule has 3 amide bonds. The number of phenols is 1. The van der Waals surface area contributed by atoms with E-state index in [0.29, 0.717) is 26.7 Å². The van der Waals surface area contributed by atoms with Gasteiger partial charge in [0.25, 0.3) is 11.1 Å². The fourth-order valence-corrected chi connectivity index (χ4v) is 4.99. The lowest BCUT2D eigenvalue weighted by molar-refractivity contribution is -0.135. The van der Waals surface area contributed by atoms with Gasteiger partial charge in [-0.3, -0.25) is 19.3 Å². The van der Waals surface area contributed by atoms with Crippen LogP contribution in [0.3, 0.4) is 0 Å². The highest BCUT2D eigenvalue weighted by atomic mass is 127. The van der Waals surface area contributed by atoms with E-state index in [1.54, 1.807) is 23.1 Å². The van der Waals surface area contributed by atoms with Gasteiger partial charge in [-0.2, -0.15) is 0 Å². The number of nitrogens with zero attached hydrogens (tertiary/aromatic N) is 2. The lowest BCUT2D eigenvalue weighted by atomic mass is 10.2. The third-order valence-corrected chi connectivity index (χ3v) is 6.30. The Kier molecular flexibility index (Phi) is 5.74. The first-order chi connectivity index (χ1) is 11.9. The van der Waals surface area contributed by atoms with Crippen molar-refractivity contribution in [2.24, 2.45) is 0 Å². The second-order valence-corrected chi connectivity index (χ2v) is 8.70. The minimum absolute atomic E-state index is 0.127. The molecule has 0 saturated carbocycles. The highest BCUT2D eigenvalue weighted by Gasteiger charge is 2.37. The van der Waals surface area contributed by atoms with Gasteiger partial charge in [-0.25, -0.2) is 0 Å². The molecule has 25 heavy (non-hydrogen) atoms. The van der Waals surface area contributed by atoms with E-state index in [4.69, 9.17) is 0 Å². The first kappa shape index (κ1) is 18.7. The standard InChI is InChI=1S/C16H14BrIN2O4S/c17-10-5-9(6-11(18)14(10)22)7-12-15(23)20(16(24)25-12)8-13(21)19-3-1-2-4-19/h5-7,22H,1-4,8H2/b12-7+. The zero-order chi connectivity index (χ0) is 18.1. The SMILES string of the molecule is O=C(CN1C(=O)S/C(=C/c2cc(Br)c(O)c(I)c2)C1=O)N1CCCC1. The molecule has 1 aromatic rings. The maximum absolute atomic E-state index is 12.5. The summed E-state index contributed by atoms with van der Waals surface area (Å²) >= 11 is 6.06. The highest BCUT2D eigenvalue weighted by molar-refractivity contribution is 14.1. The Labute approximate surface area is 170 Å². The van der Waals surface area contributed by atoms with Crippen LogP contribution < -0.4 is 0 Å². The van der Waals surface area contributed by atoms with Gasteiger partial charge in [-0.05, 0) is 86.9 Å². The third-order valence-electron chi connectivity index (χ3n) is 3.96. The van der Waals surface area contributed by atoms with E-state index in [0.717, 1.165) is 29.5 Å². The molecule has 0 radical (unpaired) electrons. The van der Waals surface area contributed by atoms with E-state index in [1.165, 1.54) is 0 Å². The number of amides is 3. The summed E-state index contributed by atoms with van der Waals surface area (Å²) in [6.07, 6.45) is 3.52. The quantitative estimate of drug-likeness (QED) is 0.473. The number of rotatable bonds is 3. The molecule has 132 valence electrons. The molecule has 0 aliphatic carbocycles. The van der Waals surface area contributed by atoms with Gasteiger partial charge < -0.3 is 10.0 Å². The Bertz CT molecular complexity index is 769. The Hall–Kier alpha value is -1.07. The molecular formula is C16H14BrIN2O4S. The third kappa shape index (κ3) is 4.03. The van der Waals surface area contributed by atoms with Gasteiger partial charge in [0.05, 0.1) is 12.9 Å². The molecule has 3 rings (SSSR count). The maximum Gasteiger partial charge on any atom is 0.294 e. The van der Waals surface area contributed by atoms with Crippen LogP contribution in [0.1, 0.15) is 18.4 Å². The smallest absolute Gasteiger partial charge is 0.294 e. The van der Waals surface area contributed by atoms with Gasteiger partial charge in [0, 0.05) is 13.1 Å². The molecule has 6 nitrogen and oxygen atoms in total. The van der Waals surface area contributed by atoms with Crippen molar-refractivity contribution in [3.63, 3.8) is 0 Å². The Morgan fingerprint density at radius 1 is 1.32 bits per heavy atom. The molecule has 2 saturated heterocycles. The molecule has 1 aromatic carbocycles. The minimum atomic E-state index is -0.457. The summed E-state index contributed by atoms with van der Waals surface area (Å²) in [5, 5.41) is 9.35. The van der Waals surface area contributed by atoms with Crippen molar-refractivity contribution < 1.29 is 19.5 Å². The molecule has 0 aromatic heterocycles. The first-order valence-electron chi connectivity index (χ1n) is 7.58. The molecule has 0 unspecified atom stereocenters. The Morgan fingerprint density at radius 3 is 2.64 bits per heavy atom. The van der Waals surface area contributed by atoms with Crippen LogP contribution in [0, 0.1) is 3.57 Å². The summed E-state index contributed by atoms with van der Waals surface area (Å²) in [6, 6.07) is 3.38. The number of likely N-dealkylation sites (tertiary alicyclic amines) is 1. The summed E-state index contributed by atoms with van der Waals surface area (Å²) in [6.45, 7) is 1.16. The van der Waals surface area contributed by atoms with Crippen LogP contribution in [-0.4, -0.2) is 51.6 Å². The summed E-state index contributed by atoms with van der Waals surface area (Å²) < 4.78 is 1.13. The molecule has 1 N–H and O–H groups in total. The van der Waals surface area contributed by atoms with Crippen molar-refractivity contribution in [2.75, 3.05) is 19.6 Å². The monoisotopic (exact) mass is 536 g/mol. The van der Waals surface area contributed by atoms with Crippen molar-refractivity contribution >= 4 is 73.4 Å². The summed E-state index contributed by atoms with van der Waals surface area (Å²) in [5.41, 5.74) is 0.686. The van der Waals surface area contributed by atoms with Crippen LogP contribution in [0.2, 0.25) is 0 Å². The summed E-state index contributed by atoms with van der Waals surface area (Å²) in [4.78, 5) is 39.8. The van der Waals surface area contributed by atoms with E-state index in [2.05, 4.69) is 15.9 Å². The summed E-state index contributed by atoms with van der Waals surface area (Å²) in [5.74, 6) is -0.521. The summed E-state index contributed by atoms with van der Waals surface area (Å²) in [7, 11) is 0. The van der Waals surface area contributed by atoms with E-state index in [9.17, 15) is 19.5 Å². The molecule has 2 aliphatic rings. The second kappa shape index (κ2) is 7.67. The van der Waals surface area contributed by atoms with Crippen molar-refractivity contribution in [2.45, 2.75) is 12.8 Å². The van der Waals surface area contributed by atoms with Gasteiger partial charge in [-0.1, -0.05) is 0 Å². The van der Waals surface area contributed by atoms with Gasteiger partial charge in [-0.15, -0.1) is 0 Å². The van der Waals surface area contributed by atoms with Crippen molar-refractivity contribution in [1.29, 1.82) is 0 Å². The molecule has 0 spiro atoms. The molecule has 0 bridgehead atoms. The number of carbonyl (C=O) groups is 3. The van der Waals surface area contributed by atoms with Gasteiger partial charge in [0.1, 0.15) is 12.3 Å². The molecule has 2 fully saturated rings. The largest absolute Gasteiger partial charge is 0.506 e. The molecule has 2 aliphatic heterocycles. The normalized spacial score (nSPS) is 19.4. The van der Waals surface area contributed by atoms with E-state index in [-0.39, 0.29) is 23.1 Å². The van der Waals surface area contributed by atoms with Crippen LogP contribution >= 0.6 is 50.3 Å². The van der Waals surface area contributed by atoms with Crippen LogP contribution in [0.5, 0.6) is 5.75 Å². The van der Waals surface area contributed by atoms with Crippen molar-refractivity contribution in [1.82, 2.24) is 9.80 Å². The van der Waals surface area contributed by atoms with E-state index < -0.39 is 11.1 Å². The topological polar surface area (TPSA) is 77.9 Å². The molecule has 0 atom stereocenters. The predicted octanol–water partition coefficient (Wildman–Crippen LogP) is 3.42. The van der Waals surface area contributed by atoms with E-state index in [1.807, 2.05) is 22.6 Å². The number of thioether (sulfide) groups is 1. The number of imide groups is 1. The lowest BCUT2D eigenvalue weighted by Crippen LogP contribution is -2.40. The zero-order valence-electron chi connectivity index (χ0n) is 13.0. The van der Waals surface area contributed by atoms with Gasteiger partial charge >= 0.3 is 0 Å². The predicted molar refractivity (Wildman–Crippen MR) is 107 cm³/mol. The molecule has 2 heterocycles.